The van der Waals surface area contributed by atoms with Gasteiger partial charge in [-0.2, -0.15) is 8.78 Å². The van der Waals surface area contributed by atoms with Crippen LogP contribution in [0.15, 0.2) is 0 Å². The zero-order valence-electron chi connectivity index (χ0n) is 6.63. The van der Waals surface area contributed by atoms with Gasteiger partial charge >= 0.3 is 12.4 Å². The van der Waals surface area contributed by atoms with E-state index in [1.807, 2.05) is 5.32 Å². The smallest absolute Gasteiger partial charge is 0.329 e. The van der Waals surface area contributed by atoms with Crippen LogP contribution in [0.1, 0.15) is 0 Å². The average molecular weight is 197 g/mol. The molecule has 5 nitrogen and oxygen atoms in total. The van der Waals surface area contributed by atoms with Gasteiger partial charge in [0.2, 0.25) is 0 Å². The highest BCUT2D eigenvalue weighted by Gasteiger charge is 2.13. The van der Waals surface area contributed by atoms with E-state index >= 15 is 0 Å². The van der Waals surface area contributed by atoms with Crippen molar-refractivity contribution in [1.82, 2.24) is 5.32 Å². The van der Waals surface area contributed by atoms with Crippen molar-refractivity contribution in [3.63, 3.8) is 0 Å². The minimum absolute atomic E-state index is 0.106. The van der Waals surface area contributed by atoms with Crippen LogP contribution in [0.2, 0.25) is 0 Å². The van der Waals surface area contributed by atoms with Crippen LogP contribution in [0.5, 0.6) is 0 Å². The second-order valence-corrected chi connectivity index (χ2v) is 2.04. The SMILES string of the molecule is O=C(O)COCCNC(=O)C(F)F. The lowest BCUT2D eigenvalue weighted by Gasteiger charge is -2.03. The first-order valence-corrected chi connectivity index (χ1v) is 3.39. The maximum Gasteiger partial charge on any atom is 0.329 e. The number of carboxylic acid groups (broad SMARTS) is 1. The molecule has 7 heteroatoms. The second-order valence-electron chi connectivity index (χ2n) is 2.04. The molecule has 13 heavy (non-hydrogen) atoms. The Kier molecular flexibility index (Phi) is 5.69. The standard InChI is InChI=1S/C6H9F2NO4/c7-5(8)6(12)9-1-2-13-3-4(10)11/h5H,1-3H2,(H,9,12)(H,10,11). The van der Waals surface area contributed by atoms with E-state index in [2.05, 4.69) is 4.74 Å². The Balaban J connectivity index is 3.26. The summed E-state index contributed by atoms with van der Waals surface area (Å²) in [6.45, 7) is -0.744. The van der Waals surface area contributed by atoms with Crippen molar-refractivity contribution in [2.75, 3.05) is 19.8 Å². The maximum atomic E-state index is 11.5. The van der Waals surface area contributed by atoms with E-state index in [1.165, 1.54) is 0 Å². The monoisotopic (exact) mass is 197 g/mol. The lowest BCUT2D eigenvalue weighted by atomic mass is 10.6. The van der Waals surface area contributed by atoms with Crippen molar-refractivity contribution in [2.24, 2.45) is 0 Å². The van der Waals surface area contributed by atoms with Crippen LogP contribution in [0, 0.1) is 0 Å². The van der Waals surface area contributed by atoms with Gasteiger partial charge in [0.25, 0.3) is 5.91 Å². The van der Waals surface area contributed by atoms with Gasteiger partial charge < -0.3 is 15.2 Å². The summed E-state index contributed by atoms with van der Waals surface area (Å²) in [7, 11) is 0. The summed E-state index contributed by atoms with van der Waals surface area (Å²) in [4.78, 5) is 20.1. The number of carbonyl (C=O) groups is 2. The molecule has 0 heterocycles. The van der Waals surface area contributed by atoms with E-state index < -0.39 is 24.9 Å². The number of aliphatic carboxylic acids is 1. The van der Waals surface area contributed by atoms with Crippen molar-refractivity contribution in [2.45, 2.75) is 6.43 Å². The second kappa shape index (κ2) is 6.30. The Bertz CT molecular complexity index is 185. The molecular formula is C6H9F2NO4. The molecule has 0 aliphatic carbocycles. The van der Waals surface area contributed by atoms with Crippen LogP contribution in [0.4, 0.5) is 8.78 Å². The number of hydrogen-bond donors (Lipinski definition) is 2. The highest BCUT2D eigenvalue weighted by Crippen LogP contribution is 1.89. The lowest BCUT2D eigenvalue weighted by molar-refractivity contribution is -0.142. The molecule has 0 unspecified atom stereocenters. The number of alkyl halides is 2. The highest BCUT2D eigenvalue weighted by atomic mass is 19.3. The fraction of sp³-hybridized carbons (Fsp3) is 0.667. The number of hydrogen-bond acceptors (Lipinski definition) is 3. The van der Waals surface area contributed by atoms with Crippen molar-refractivity contribution >= 4 is 11.9 Å². The molecule has 0 fully saturated rings. The molecule has 0 atom stereocenters. The molecule has 0 saturated carbocycles. The largest absolute Gasteiger partial charge is 0.480 e. The molecule has 76 valence electrons. The molecule has 1 amide bonds. The predicted octanol–water partition coefficient (Wildman–Crippen LogP) is -0.531. The van der Waals surface area contributed by atoms with E-state index in [9.17, 15) is 18.4 Å². The van der Waals surface area contributed by atoms with Crippen LogP contribution >= 0.6 is 0 Å². The molecule has 0 radical (unpaired) electrons. The third-order valence-corrected chi connectivity index (χ3v) is 0.969. The third-order valence-electron chi connectivity index (χ3n) is 0.969. The Morgan fingerprint density at radius 3 is 2.54 bits per heavy atom. The summed E-state index contributed by atoms with van der Waals surface area (Å²) < 4.78 is 27.5. The van der Waals surface area contributed by atoms with Crippen LogP contribution in [0.3, 0.4) is 0 Å². The number of rotatable bonds is 6. The van der Waals surface area contributed by atoms with E-state index in [1.54, 1.807) is 0 Å². The Morgan fingerprint density at radius 1 is 1.46 bits per heavy atom. The molecule has 0 aromatic carbocycles. The zero-order valence-corrected chi connectivity index (χ0v) is 6.63. The van der Waals surface area contributed by atoms with Gasteiger partial charge in [0, 0.05) is 6.54 Å². The Morgan fingerprint density at radius 2 is 2.08 bits per heavy atom. The predicted molar refractivity (Wildman–Crippen MR) is 37.5 cm³/mol. The highest BCUT2D eigenvalue weighted by molar-refractivity contribution is 5.78. The number of carboxylic acids is 1. The lowest BCUT2D eigenvalue weighted by Crippen LogP contribution is -2.32. The molecule has 0 rings (SSSR count). The number of amides is 1. The molecule has 0 spiro atoms. The molecule has 0 aromatic heterocycles. The van der Waals surface area contributed by atoms with Gasteiger partial charge in [-0.15, -0.1) is 0 Å². The topological polar surface area (TPSA) is 75.6 Å². The van der Waals surface area contributed by atoms with Gasteiger partial charge in [0.1, 0.15) is 6.61 Å². The normalized spacial score (nSPS) is 10.1. The molecule has 0 bridgehead atoms. The van der Waals surface area contributed by atoms with Gasteiger partial charge in [-0.25, -0.2) is 4.79 Å². The molecule has 0 aliphatic rings. The fourth-order valence-electron chi connectivity index (χ4n) is 0.483. The van der Waals surface area contributed by atoms with E-state index in [0.717, 1.165) is 0 Å². The van der Waals surface area contributed by atoms with Crippen molar-refractivity contribution in [3.05, 3.63) is 0 Å². The zero-order chi connectivity index (χ0) is 10.3. The number of halogens is 2. The molecule has 0 aliphatic heterocycles. The number of nitrogens with one attached hydrogen (secondary N) is 1. The Hall–Kier alpha value is -1.24. The van der Waals surface area contributed by atoms with Gasteiger partial charge in [-0.3, -0.25) is 4.79 Å². The summed E-state index contributed by atoms with van der Waals surface area (Å²) in [6.07, 6.45) is -3.06. The van der Waals surface area contributed by atoms with E-state index in [-0.39, 0.29) is 13.2 Å². The molecule has 0 aromatic rings. The average Bonchev–Trinajstić information content (AvgIpc) is 2.02. The maximum absolute atomic E-state index is 11.5. The quantitative estimate of drug-likeness (QED) is 0.561. The van der Waals surface area contributed by atoms with Gasteiger partial charge in [0.15, 0.2) is 0 Å². The minimum Gasteiger partial charge on any atom is -0.480 e. The van der Waals surface area contributed by atoms with Crippen molar-refractivity contribution in [1.29, 1.82) is 0 Å². The minimum atomic E-state index is -3.06. The summed E-state index contributed by atoms with van der Waals surface area (Å²) in [5.41, 5.74) is 0. The van der Waals surface area contributed by atoms with Crippen LogP contribution < -0.4 is 5.32 Å². The summed E-state index contributed by atoms with van der Waals surface area (Å²) in [5, 5.41) is 9.93. The molecule has 0 saturated heterocycles. The third kappa shape index (κ3) is 7.13. The van der Waals surface area contributed by atoms with Crippen molar-refractivity contribution < 1.29 is 28.2 Å². The summed E-state index contributed by atoms with van der Waals surface area (Å²) in [6, 6.07) is 0. The van der Waals surface area contributed by atoms with Crippen molar-refractivity contribution in [3.8, 4) is 0 Å². The van der Waals surface area contributed by atoms with Crippen LogP contribution in [-0.4, -0.2) is 43.2 Å². The van der Waals surface area contributed by atoms with Crippen LogP contribution in [0.25, 0.3) is 0 Å². The first-order chi connectivity index (χ1) is 6.04. The first-order valence-electron chi connectivity index (χ1n) is 3.39. The summed E-state index contributed by atoms with van der Waals surface area (Å²) >= 11 is 0. The van der Waals surface area contributed by atoms with Gasteiger partial charge in [-0.05, 0) is 0 Å². The van der Waals surface area contributed by atoms with Gasteiger partial charge in [-0.1, -0.05) is 0 Å². The van der Waals surface area contributed by atoms with Crippen LogP contribution in [-0.2, 0) is 14.3 Å². The van der Waals surface area contributed by atoms with E-state index in [0.29, 0.717) is 0 Å². The number of carbonyl (C=O) groups excluding carboxylic acids is 1. The number of ether oxygens (including phenoxy) is 1. The first kappa shape index (κ1) is 11.8. The molecular weight excluding hydrogens is 188 g/mol. The Labute approximate surface area is 72.7 Å². The molecule has 2 N–H and O–H groups in total. The van der Waals surface area contributed by atoms with E-state index in [4.69, 9.17) is 5.11 Å². The fourth-order valence-corrected chi connectivity index (χ4v) is 0.483. The van der Waals surface area contributed by atoms with Gasteiger partial charge in [0.05, 0.1) is 6.61 Å². The summed E-state index contributed by atoms with van der Waals surface area (Å²) in [5.74, 6) is -2.54.